The van der Waals surface area contributed by atoms with Crippen LogP contribution in [0.25, 0.3) is 0 Å². The fourth-order valence-corrected chi connectivity index (χ4v) is 5.02. The van der Waals surface area contributed by atoms with Crippen molar-refractivity contribution in [1.82, 2.24) is 31.5 Å². The van der Waals surface area contributed by atoms with Gasteiger partial charge in [-0.3, -0.25) is 33.6 Å². The fraction of sp³-hybridized carbons (Fsp3) is 0.774. The summed E-state index contributed by atoms with van der Waals surface area (Å²) >= 11 is 0. The Morgan fingerprint density at radius 3 is 1.74 bits per heavy atom. The minimum absolute atomic E-state index is 0.0562. The quantitative estimate of drug-likeness (QED) is 0.108. The number of carbonyl (C=O) groups excluding carboxylic acids is 6. The molecule has 6 amide bonds. The average molecular weight is 654 g/mol. The Bertz CT molecular complexity index is 1110. The van der Waals surface area contributed by atoms with E-state index in [-0.39, 0.29) is 24.3 Å². The van der Waals surface area contributed by atoms with Crippen molar-refractivity contribution in [2.75, 3.05) is 6.54 Å². The molecule has 1 saturated heterocycles. The van der Waals surface area contributed by atoms with Crippen molar-refractivity contribution in [1.29, 1.82) is 0 Å². The summed E-state index contributed by atoms with van der Waals surface area (Å²) in [5.41, 5.74) is 6.00. The lowest BCUT2D eigenvalue weighted by molar-refractivity contribution is -0.144. The number of nitrogens with one attached hydrogen (secondary N) is 5. The van der Waals surface area contributed by atoms with E-state index in [2.05, 4.69) is 26.6 Å². The van der Waals surface area contributed by atoms with Gasteiger partial charge in [0.2, 0.25) is 35.4 Å². The number of amides is 6. The normalized spacial score (nSPS) is 18.6. The summed E-state index contributed by atoms with van der Waals surface area (Å²) in [5.74, 6) is -4.72. The first kappa shape index (κ1) is 40.3. The van der Waals surface area contributed by atoms with Gasteiger partial charge in [0.25, 0.3) is 0 Å². The Labute approximate surface area is 271 Å². The molecule has 0 radical (unpaired) electrons. The molecule has 0 unspecified atom stereocenters. The van der Waals surface area contributed by atoms with Gasteiger partial charge in [-0.15, -0.1) is 0 Å². The Kier molecular flexibility index (Phi) is 16.1. The highest BCUT2D eigenvalue weighted by Crippen LogP contribution is 2.21. The molecule has 262 valence electrons. The molecule has 1 rings (SSSR count). The van der Waals surface area contributed by atoms with Crippen LogP contribution >= 0.6 is 0 Å². The average Bonchev–Trinajstić information content (AvgIpc) is 3.44. The predicted octanol–water partition coefficient (Wildman–Crippen LogP) is -0.379. The van der Waals surface area contributed by atoms with Crippen LogP contribution in [-0.2, 0) is 33.6 Å². The smallest absolute Gasteiger partial charge is 0.325 e. The van der Waals surface area contributed by atoms with Crippen LogP contribution in [0.15, 0.2) is 0 Å². The number of nitrogens with zero attached hydrogens (tertiary/aromatic N) is 1. The third-order valence-electron chi connectivity index (χ3n) is 7.70. The van der Waals surface area contributed by atoms with Gasteiger partial charge in [-0.2, -0.15) is 0 Å². The summed E-state index contributed by atoms with van der Waals surface area (Å²) in [5, 5.41) is 21.9. The third kappa shape index (κ3) is 12.6. The molecule has 7 atom stereocenters. The maximum Gasteiger partial charge on any atom is 0.325 e. The van der Waals surface area contributed by atoms with Crippen LogP contribution in [0, 0.1) is 17.8 Å². The van der Waals surface area contributed by atoms with Gasteiger partial charge in [0, 0.05) is 6.54 Å². The molecule has 15 heteroatoms. The molecule has 1 aliphatic heterocycles. The summed E-state index contributed by atoms with van der Waals surface area (Å²) in [4.78, 5) is 90.5. The number of carbonyl (C=O) groups is 7. The number of carboxylic acid groups (broad SMARTS) is 1. The summed E-state index contributed by atoms with van der Waals surface area (Å²) in [6.45, 7) is 15.6. The van der Waals surface area contributed by atoms with E-state index in [1.807, 2.05) is 27.7 Å². The Hall–Kier alpha value is -3.75. The minimum atomic E-state index is -1.22. The predicted molar refractivity (Wildman–Crippen MR) is 171 cm³/mol. The second kappa shape index (κ2) is 18.4. The van der Waals surface area contributed by atoms with Crippen LogP contribution in [0.3, 0.4) is 0 Å². The highest BCUT2D eigenvalue weighted by atomic mass is 16.4. The third-order valence-corrected chi connectivity index (χ3v) is 7.70. The lowest BCUT2D eigenvalue weighted by Gasteiger charge is -2.31. The molecule has 8 N–H and O–H groups in total. The van der Waals surface area contributed by atoms with Gasteiger partial charge in [-0.1, -0.05) is 41.5 Å². The lowest BCUT2D eigenvalue weighted by Crippen LogP contribution is -2.60. The zero-order valence-electron chi connectivity index (χ0n) is 28.6. The largest absolute Gasteiger partial charge is 0.480 e. The first-order valence-corrected chi connectivity index (χ1v) is 16.1. The van der Waals surface area contributed by atoms with Crippen LogP contribution in [0.2, 0.25) is 0 Å². The van der Waals surface area contributed by atoms with Gasteiger partial charge >= 0.3 is 5.97 Å². The van der Waals surface area contributed by atoms with Crippen molar-refractivity contribution in [3.05, 3.63) is 0 Å². The van der Waals surface area contributed by atoms with E-state index in [9.17, 15) is 33.6 Å². The Morgan fingerprint density at radius 1 is 0.696 bits per heavy atom. The van der Waals surface area contributed by atoms with Crippen LogP contribution < -0.4 is 32.3 Å². The van der Waals surface area contributed by atoms with Gasteiger partial charge in [-0.05, 0) is 64.2 Å². The van der Waals surface area contributed by atoms with E-state index in [0.717, 1.165) is 0 Å². The zero-order chi connectivity index (χ0) is 35.5. The highest BCUT2D eigenvalue weighted by molar-refractivity contribution is 5.97. The van der Waals surface area contributed by atoms with Crippen LogP contribution in [0.1, 0.15) is 88.0 Å². The molecular formula is C31H55N7O8. The van der Waals surface area contributed by atoms with E-state index in [1.165, 1.54) is 25.7 Å². The van der Waals surface area contributed by atoms with Crippen LogP contribution in [-0.4, -0.2) is 100 Å². The minimum Gasteiger partial charge on any atom is -0.480 e. The fourth-order valence-electron chi connectivity index (χ4n) is 5.02. The number of hydrogen-bond acceptors (Lipinski definition) is 8. The monoisotopic (exact) mass is 653 g/mol. The number of hydrogen-bond donors (Lipinski definition) is 7. The first-order valence-electron chi connectivity index (χ1n) is 16.1. The van der Waals surface area contributed by atoms with Crippen LogP contribution in [0.4, 0.5) is 0 Å². The van der Waals surface area contributed by atoms with Gasteiger partial charge in [0.05, 0.1) is 6.04 Å². The number of nitrogens with two attached hydrogens (primary N) is 1. The van der Waals surface area contributed by atoms with E-state index in [1.54, 1.807) is 13.8 Å². The van der Waals surface area contributed by atoms with E-state index < -0.39 is 83.7 Å². The van der Waals surface area contributed by atoms with Gasteiger partial charge in [0.1, 0.15) is 36.3 Å². The maximum atomic E-state index is 13.7. The number of carboxylic acids is 1. The summed E-state index contributed by atoms with van der Waals surface area (Å²) in [6, 6.07) is -6.85. The van der Waals surface area contributed by atoms with Crippen molar-refractivity contribution in [2.24, 2.45) is 23.5 Å². The van der Waals surface area contributed by atoms with E-state index in [0.29, 0.717) is 25.7 Å². The first-order chi connectivity index (χ1) is 21.3. The summed E-state index contributed by atoms with van der Waals surface area (Å²) in [6.07, 6.45) is 1.64. The molecule has 15 nitrogen and oxygen atoms in total. The topological polar surface area (TPSA) is 229 Å². The van der Waals surface area contributed by atoms with Crippen molar-refractivity contribution >= 4 is 41.4 Å². The molecular weight excluding hydrogens is 598 g/mol. The van der Waals surface area contributed by atoms with Gasteiger partial charge < -0.3 is 42.3 Å². The number of likely N-dealkylation sites (tertiary alicyclic amines) is 1. The number of rotatable bonds is 17. The van der Waals surface area contributed by atoms with Gasteiger partial charge in [0.15, 0.2) is 0 Å². The molecule has 0 aromatic rings. The van der Waals surface area contributed by atoms with Crippen LogP contribution in [0.5, 0.6) is 0 Å². The summed E-state index contributed by atoms with van der Waals surface area (Å²) in [7, 11) is 0. The Morgan fingerprint density at radius 2 is 1.22 bits per heavy atom. The molecule has 0 saturated carbocycles. The molecule has 46 heavy (non-hydrogen) atoms. The van der Waals surface area contributed by atoms with E-state index in [4.69, 9.17) is 10.8 Å². The van der Waals surface area contributed by atoms with Crippen molar-refractivity contribution in [3.63, 3.8) is 0 Å². The maximum absolute atomic E-state index is 13.7. The zero-order valence-corrected chi connectivity index (χ0v) is 28.6. The van der Waals surface area contributed by atoms with Gasteiger partial charge in [-0.25, -0.2) is 0 Å². The second-order valence-corrected chi connectivity index (χ2v) is 13.4. The molecule has 1 aliphatic rings. The second-order valence-electron chi connectivity index (χ2n) is 13.4. The molecule has 0 aromatic heterocycles. The molecule has 0 spiro atoms. The molecule has 1 heterocycles. The number of aliphatic carboxylic acids is 1. The standard InChI is InChI=1S/C31H55N7O8/c1-15(2)13-21(32)27(41)36-22(14-16(3)4)28(42)33-19(8)26(40)37-24(17(5)6)30(44)38-12-10-11-23(38)29(43)34-18(7)25(39)35-20(9)31(45)46/h15-24H,10-14,32H2,1-9H3,(H,33,42)(H,34,43)(H,35,39)(H,36,41)(H,37,40)(H,45,46)/t18-,19-,20-,21-,22-,23-,24-/m0/s1. The molecule has 0 aromatic carbocycles. The molecule has 1 fully saturated rings. The van der Waals surface area contributed by atoms with E-state index >= 15 is 0 Å². The SMILES string of the molecule is CC(C)C[C@H](NC(=O)[C@@H](N)CC(C)C)C(=O)N[C@@H](C)C(=O)N[C@H](C(=O)N1CCC[C@H]1C(=O)N[C@@H](C)C(=O)N[C@@H](C)C(=O)O)C(C)C. The van der Waals surface area contributed by atoms with Crippen molar-refractivity contribution in [3.8, 4) is 0 Å². The molecule has 0 bridgehead atoms. The Balaban J connectivity index is 2.93. The highest BCUT2D eigenvalue weighted by Gasteiger charge is 2.40. The molecule has 0 aliphatic carbocycles. The lowest BCUT2D eigenvalue weighted by atomic mass is 10.00. The summed E-state index contributed by atoms with van der Waals surface area (Å²) < 4.78 is 0. The van der Waals surface area contributed by atoms with Crippen molar-refractivity contribution < 1.29 is 38.7 Å². The van der Waals surface area contributed by atoms with Crippen molar-refractivity contribution in [2.45, 2.75) is 130 Å².